The Hall–Kier alpha value is -2.27. The van der Waals surface area contributed by atoms with E-state index in [1.807, 2.05) is 6.07 Å². The van der Waals surface area contributed by atoms with Crippen molar-refractivity contribution in [1.29, 1.82) is 0 Å². The summed E-state index contributed by atoms with van der Waals surface area (Å²) in [6, 6.07) is 9.66. The largest absolute Gasteiger partial charge is 0.493 e. The minimum absolute atomic E-state index is 0.158. The van der Waals surface area contributed by atoms with E-state index in [0.717, 1.165) is 18.4 Å². The van der Waals surface area contributed by atoms with Crippen molar-refractivity contribution < 1.29 is 18.7 Å². The molecule has 1 fully saturated rings. The van der Waals surface area contributed by atoms with Crippen molar-refractivity contribution in [2.45, 2.75) is 25.4 Å². The lowest BCUT2D eigenvalue weighted by molar-refractivity contribution is 0.0729. The van der Waals surface area contributed by atoms with Crippen LogP contribution in [0.15, 0.2) is 36.4 Å². The summed E-state index contributed by atoms with van der Waals surface area (Å²) in [6.07, 6.45) is 1.89. The Bertz CT molecular complexity index is 792. The molecule has 0 N–H and O–H groups in total. The van der Waals surface area contributed by atoms with E-state index in [4.69, 9.17) is 21.1 Å². The number of rotatable bonds is 6. The molecular weight excluding hydrogens is 345 g/mol. The Morgan fingerprint density at radius 2 is 2.00 bits per heavy atom. The molecule has 132 valence electrons. The molecule has 0 radical (unpaired) electrons. The number of hydrogen-bond donors (Lipinski definition) is 0. The molecule has 6 heteroatoms. The summed E-state index contributed by atoms with van der Waals surface area (Å²) in [4.78, 5) is 14.8. The van der Waals surface area contributed by atoms with Gasteiger partial charge in [-0.1, -0.05) is 23.7 Å². The SMILES string of the molecule is COc1cc(C(=O)N(Cc2cccc(F)c2)C2CC2)cc(Cl)c1OC. The van der Waals surface area contributed by atoms with Gasteiger partial charge in [0.15, 0.2) is 11.5 Å². The van der Waals surface area contributed by atoms with Gasteiger partial charge in [0.1, 0.15) is 5.82 Å². The van der Waals surface area contributed by atoms with Crippen LogP contribution in [0, 0.1) is 5.82 Å². The first-order valence-electron chi connectivity index (χ1n) is 8.00. The van der Waals surface area contributed by atoms with Gasteiger partial charge in [-0.2, -0.15) is 0 Å². The van der Waals surface area contributed by atoms with Gasteiger partial charge < -0.3 is 14.4 Å². The van der Waals surface area contributed by atoms with E-state index < -0.39 is 0 Å². The van der Waals surface area contributed by atoms with Crippen LogP contribution in [-0.2, 0) is 6.54 Å². The highest BCUT2D eigenvalue weighted by Crippen LogP contribution is 2.37. The van der Waals surface area contributed by atoms with E-state index in [-0.39, 0.29) is 17.8 Å². The van der Waals surface area contributed by atoms with Crippen molar-refractivity contribution in [1.82, 2.24) is 4.90 Å². The molecule has 0 aliphatic heterocycles. The summed E-state index contributed by atoms with van der Waals surface area (Å²) in [5.41, 5.74) is 1.18. The molecule has 0 unspecified atom stereocenters. The molecule has 0 aromatic heterocycles. The number of benzene rings is 2. The molecule has 0 bridgehead atoms. The monoisotopic (exact) mass is 363 g/mol. The molecule has 25 heavy (non-hydrogen) atoms. The van der Waals surface area contributed by atoms with Crippen LogP contribution in [0.3, 0.4) is 0 Å². The topological polar surface area (TPSA) is 38.8 Å². The number of amides is 1. The highest BCUT2D eigenvalue weighted by Gasteiger charge is 2.33. The Balaban J connectivity index is 1.90. The fourth-order valence-electron chi connectivity index (χ4n) is 2.79. The van der Waals surface area contributed by atoms with Crippen LogP contribution in [0.25, 0.3) is 0 Å². The van der Waals surface area contributed by atoms with Gasteiger partial charge in [-0.3, -0.25) is 4.79 Å². The lowest BCUT2D eigenvalue weighted by atomic mass is 10.1. The predicted molar refractivity (Wildman–Crippen MR) is 93.9 cm³/mol. The first kappa shape index (κ1) is 17.5. The second-order valence-electron chi connectivity index (χ2n) is 5.99. The zero-order valence-electron chi connectivity index (χ0n) is 14.1. The maximum absolute atomic E-state index is 13.4. The van der Waals surface area contributed by atoms with Crippen LogP contribution in [0.1, 0.15) is 28.8 Å². The third kappa shape index (κ3) is 3.87. The molecule has 0 spiro atoms. The first-order chi connectivity index (χ1) is 12.0. The summed E-state index contributed by atoms with van der Waals surface area (Å²) in [5.74, 6) is 0.327. The number of carbonyl (C=O) groups is 1. The predicted octanol–water partition coefficient (Wildman–Crippen LogP) is 4.30. The van der Waals surface area contributed by atoms with Crippen LogP contribution in [0.5, 0.6) is 11.5 Å². The zero-order valence-corrected chi connectivity index (χ0v) is 14.8. The van der Waals surface area contributed by atoms with Crippen molar-refractivity contribution in [3.8, 4) is 11.5 Å². The maximum atomic E-state index is 13.4. The van der Waals surface area contributed by atoms with Crippen LogP contribution in [0.2, 0.25) is 5.02 Å². The smallest absolute Gasteiger partial charge is 0.254 e. The first-order valence-corrected chi connectivity index (χ1v) is 8.38. The normalized spacial score (nSPS) is 13.4. The standard InChI is InChI=1S/C19H19ClFNO3/c1-24-17-10-13(9-16(20)18(17)25-2)19(23)22(15-6-7-15)11-12-4-3-5-14(21)8-12/h3-5,8-10,15H,6-7,11H2,1-2H3. The van der Waals surface area contributed by atoms with E-state index in [1.54, 1.807) is 23.1 Å². The molecule has 0 heterocycles. The summed E-state index contributed by atoms with van der Waals surface area (Å²) in [7, 11) is 2.99. The van der Waals surface area contributed by atoms with Gasteiger partial charge in [-0.15, -0.1) is 0 Å². The molecule has 3 rings (SSSR count). The lowest BCUT2D eigenvalue weighted by Gasteiger charge is -2.23. The van der Waals surface area contributed by atoms with Crippen molar-refractivity contribution in [3.63, 3.8) is 0 Å². The molecule has 1 aliphatic rings. The van der Waals surface area contributed by atoms with Gasteiger partial charge in [-0.25, -0.2) is 4.39 Å². The summed E-state index contributed by atoms with van der Waals surface area (Å²) in [5, 5.41) is 0.312. The third-order valence-electron chi connectivity index (χ3n) is 4.17. The average molecular weight is 364 g/mol. The zero-order chi connectivity index (χ0) is 18.0. The average Bonchev–Trinajstić information content (AvgIpc) is 3.43. The van der Waals surface area contributed by atoms with Gasteiger partial charge in [0.25, 0.3) is 5.91 Å². The van der Waals surface area contributed by atoms with E-state index in [2.05, 4.69) is 0 Å². The second-order valence-corrected chi connectivity index (χ2v) is 6.39. The molecule has 0 atom stereocenters. The van der Waals surface area contributed by atoms with Gasteiger partial charge in [0.2, 0.25) is 0 Å². The third-order valence-corrected chi connectivity index (χ3v) is 4.45. The minimum Gasteiger partial charge on any atom is -0.493 e. The van der Waals surface area contributed by atoms with Gasteiger partial charge >= 0.3 is 0 Å². The quantitative estimate of drug-likeness (QED) is 0.768. The number of hydrogen-bond acceptors (Lipinski definition) is 3. The number of carbonyl (C=O) groups excluding carboxylic acids is 1. The number of ether oxygens (including phenoxy) is 2. The van der Waals surface area contributed by atoms with Crippen LogP contribution in [0.4, 0.5) is 4.39 Å². The van der Waals surface area contributed by atoms with Gasteiger partial charge in [0.05, 0.1) is 19.2 Å². The highest BCUT2D eigenvalue weighted by atomic mass is 35.5. The molecule has 2 aromatic carbocycles. The summed E-state index contributed by atoms with van der Waals surface area (Å²) in [6.45, 7) is 0.354. The molecular formula is C19H19ClFNO3. The van der Waals surface area contributed by atoms with Crippen molar-refractivity contribution >= 4 is 17.5 Å². The van der Waals surface area contributed by atoms with Crippen LogP contribution < -0.4 is 9.47 Å². The fourth-order valence-corrected chi connectivity index (χ4v) is 3.08. The summed E-state index contributed by atoms with van der Waals surface area (Å²) >= 11 is 6.21. The highest BCUT2D eigenvalue weighted by molar-refractivity contribution is 6.32. The Morgan fingerprint density at radius 1 is 1.24 bits per heavy atom. The van der Waals surface area contributed by atoms with E-state index in [9.17, 15) is 9.18 Å². The number of methoxy groups -OCH3 is 2. The number of nitrogens with zero attached hydrogens (tertiary/aromatic N) is 1. The molecule has 4 nitrogen and oxygen atoms in total. The van der Waals surface area contributed by atoms with Crippen molar-refractivity contribution in [2.24, 2.45) is 0 Å². The van der Waals surface area contributed by atoms with E-state index >= 15 is 0 Å². The van der Waals surface area contributed by atoms with Gasteiger partial charge in [-0.05, 0) is 42.7 Å². The number of halogens is 2. The molecule has 1 aliphatic carbocycles. The molecule has 1 saturated carbocycles. The minimum atomic E-state index is -0.310. The van der Waals surface area contributed by atoms with Crippen LogP contribution >= 0.6 is 11.6 Å². The van der Waals surface area contributed by atoms with E-state index in [0.29, 0.717) is 28.6 Å². The van der Waals surface area contributed by atoms with Crippen molar-refractivity contribution in [2.75, 3.05) is 14.2 Å². The Morgan fingerprint density at radius 3 is 2.60 bits per heavy atom. The second kappa shape index (κ2) is 7.31. The molecule has 1 amide bonds. The lowest BCUT2D eigenvalue weighted by Crippen LogP contribution is -2.32. The Labute approximate surface area is 151 Å². The van der Waals surface area contributed by atoms with Crippen LogP contribution in [-0.4, -0.2) is 31.1 Å². The molecule has 0 saturated heterocycles. The van der Waals surface area contributed by atoms with Crippen molar-refractivity contribution in [3.05, 3.63) is 58.4 Å². The van der Waals surface area contributed by atoms with Gasteiger partial charge in [0, 0.05) is 18.2 Å². The Kier molecular flexibility index (Phi) is 5.13. The van der Waals surface area contributed by atoms with E-state index in [1.165, 1.54) is 26.4 Å². The summed E-state index contributed by atoms with van der Waals surface area (Å²) < 4.78 is 23.9. The maximum Gasteiger partial charge on any atom is 0.254 e. The fraction of sp³-hybridized carbons (Fsp3) is 0.316. The molecule has 2 aromatic rings.